The van der Waals surface area contributed by atoms with Gasteiger partial charge in [-0.1, -0.05) is 12.1 Å². The quantitative estimate of drug-likeness (QED) is 0.564. The van der Waals surface area contributed by atoms with Crippen molar-refractivity contribution < 1.29 is 0 Å². The van der Waals surface area contributed by atoms with E-state index in [9.17, 15) is 0 Å². The molecular formula is C9H9N3S2. The third-order valence-electron chi connectivity index (χ3n) is 1.88. The fraction of sp³-hybridized carbons (Fsp3) is 0.111. The number of nitrogens with one attached hydrogen (secondary N) is 1. The van der Waals surface area contributed by atoms with E-state index in [1.54, 1.807) is 0 Å². The molecule has 0 atom stereocenters. The van der Waals surface area contributed by atoms with Crippen molar-refractivity contribution in [3.63, 3.8) is 0 Å². The predicted molar refractivity (Wildman–Crippen MR) is 64.9 cm³/mol. The number of anilines is 1. The molecule has 0 aliphatic carbocycles. The molecule has 0 saturated heterocycles. The Morgan fingerprint density at radius 3 is 3.21 bits per heavy atom. The summed E-state index contributed by atoms with van der Waals surface area (Å²) in [5.41, 5.74) is 7.63. The molecule has 1 aliphatic rings. The molecule has 0 fully saturated rings. The minimum Gasteiger partial charge on any atom is -0.376 e. The van der Waals surface area contributed by atoms with Crippen LogP contribution in [0.4, 0.5) is 5.69 Å². The molecule has 0 saturated carbocycles. The van der Waals surface area contributed by atoms with E-state index in [4.69, 9.17) is 18.0 Å². The smallest absolute Gasteiger partial charge is 0.168 e. The molecule has 1 aromatic carbocycles. The van der Waals surface area contributed by atoms with Gasteiger partial charge in [0, 0.05) is 24.6 Å². The van der Waals surface area contributed by atoms with E-state index in [0.717, 1.165) is 17.0 Å². The van der Waals surface area contributed by atoms with Crippen LogP contribution < -0.4 is 11.1 Å². The molecule has 0 radical (unpaired) electrons. The molecule has 14 heavy (non-hydrogen) atoms. The molecule has 2 rings (SSSR count). The Balaban J connectivity index is 2.37. The molecule has 1 aliphatic heterocycles. The van der Waals surface area contributed by atoms with Gasteiger partial charge in [0.05, 0.1) is 10.6 Å². The topological polar surface area (TPSA) is 50.4 Å². The van der Waals surface area contributed by atoms with Crippen LogP contribution >= 0.6 is 24.2 Å². The van der Waals surface area contributed by atoms with Gasteiger partial charge in [0.1, 0.15) is 0 Å². The highest BCUT2D eigenvalue weighted by Gasteiger charge is 2.11. The van der Waals surface area contributed by atoms with Gasteiger partial charge in [-0.3, -0.25) is 0 Å². The van der Waals surface area contributed by atoms with E-state index in [0.29, 0.717) is 0 Å². The van der Waals surface area contributed by atoms with E-state index < -0.39 is 0 Å². The van der Waals surface area contributed by atoms with Crippen molar-refractivity contribution in [2.24, 2.45) is 10.1 Å². The number of fused-ring (bicyclic) bond motifs is 1. The largest absolute Gasteiger partial charge is 0.376 e. The average Bonchev–Trinajstić information content (AvgIpc) is 2.18. The number of rotatable bonds is 1. The Labute approximate surface area is 91.9 Å². The molecule has 3 nitrogen and oxygen atoms in total. The van der Waals surface area contributed by atoms with Crippen molar-refractivity contribution in [2.75, 3.05) is 5.32 Å². The number of nitrogens with zero attached hydrogens (tertiary/aromatic N) is 1. The van der Waals surface area contributed by atoms with Crippen molar-refractivity contribution in [3.05, 3.63) is 23.8 Å². The first kappa shape index (κ1) is 9.48. The van der Waals surface area contributed by atoms with Gasteiger partial charge in [0.2, 0.25) is 0 Å². The monoisotopic (exact) mass is 223 g/mol. The Bertz CT molecular complexity index is 401. The van der Waals surface area contributed by atoms with Crippen LogP contribution in [0.1, 0.15) is 5.56 Å². The summed E-state index contributed by atoms with van der Waals surface area (Å²) in [6.45, 7) is 0. The lowest BCUT2D eigenvalue weighted by molar-refractivity contribution is 1.22. The summed E-state index contributed by atoms with van der Waals surface area (Å²) in [6, 6.07) is 6.02. The van der Waals surface area contributed by atoms with Crippen LogP contribution in [0, 0.1) is 0 Å². The van der Waals surface area contributed by atoms with Crippen LogP contribution in [-0.2, 0) is 6.42 Å². The zero-order chi connectivity index (χ0) is 9.97. The molecule has 0 bridgehead atoms. The normalized spacial score (nSPS) is 13.4. The summed E-state index contributed by atoms with van der Waals surface area (Å²) in [6.07, 6.45) is 2.77. The van der Waals surface area contributed by atoms with E-state index >= 15 is 0 Å². The average molecular weight is 223 g/mol. The van der Waals surface area contributed by atoms with Crippen molar-refractivity contribution in [1.82, 2.24) is 0 Å². The van der Waals surface area contributed by atoms with Gasteiger partial charge < -0.3 is 11.1 Å². The third kappa shape index (κ3) is 1.88. The summed E-state index contributed by atoms with van der Waals surface area (Å²) < 4.78 is 4.15. The molecule has 3 N–H and O–H groups in total. The molecule has 1 heterocycles. The third-order valence-corrected chi connectivity index (χ3v) is 2.91. The number of hydrogen-bond acceptors (Lipinski definition) is 3. The molecular weight excluding hydrogens is 214 g/mol. The molecule has 0 amide bonds. The molecule has 72 valence electrons. The fourth-order valence-corrected chi connectivity index (χ4v) is 2.16. The van der Waals surface area contributed by atoms with Crippen LogP contribution in [0.2, 0.25) is 0 Å². The summed E-state index contributed by atoms with van der Waals surface area (Å²) in [4.78, 5) is 1.11. The van der Waals surface area contributed by atoms with Gasteiger partial charge in [0.25, 0.3) is 0 Å². The Hall–Kier alpha value is -1.07. The SMILES string of the molecule is NC(=S)Nc1cccc2c1SN=CC2. The van der Waals surface area contributed by atoms with E-state index in [2.05, 4.69) is 15.8 Å². The maximum atomic E-state index is 5.43. The molecule has 5 heteroatoms. The lowest BCUT2D eigenvalue weighted by Crippen LogP contribution is -2.19. The van der Waals surface area contributed by atoms with Crippen molar-refractivity contribution in [1.29, 1.82) is 0 Å². The zero-order valence-electron chi connectivity index (χ0n) is 7.36. The standard InChI is InChI=1S/C9H9N3S2/c10-9(13)12-7-3-1-2-6-4-5-11-14-8(6)7/h1-3,5H,4H2,(H3,10,12,13). The van der Waals surface area contributed by atoms with Crippen LogP contribution in [0.5, 0.6) is 0 Å². The lowest BCUT2D eigenvalue weighted by atomic mass is 10.1. The maximum absolute atomic E-state index is 5.43. The fourth-order valence-electron chi connectivity index (χ4n) is 1.31. The van der Waals surface area contributed by atoms with Gasteiger partial charge in [-0.05, 0) is 23.8 Å². The van der Waals surface area contributed by atoms with Gasteiger partial charge in [-0.25, -0.2) is 4.40 Å². The van der Waals surface area contributed by atoms with Gasteiger partial charge in [-0.2, -0.15) is 0 Å². The van der Waals surface area contributed by atoms with Gasteiger partial charge >= 0.3 is 0 Å². The first-order chi connectivity index (χ1) is 6.77. The lowest BCUT2D eigenvalue weighted by Gasteiger charge is -2.14. The molecule has 0 spiro atoms. The number of hydrogen-bond donors (Lipinski definition) is 2. The number of thiocarbonyl (C=S) groups is 1. The highest BCUT2D eigenvalue weighted by atomic mass is 32.2. The van der Waals surface area contributed by atoms with Crippen LogP contribution in [-0.4, -0.2) is 11.3 Å². The Morgan fingerprint density at radius 2 is 2.43 bits per heavy atom. The van der Waals surface area contributed by atoms with Crippen molar-refractivity contribution in [3.8, 4) is 0 Å². The summed E-state index contributed by atoms with van der Waals surface area (Å²) >= 11 is 6.25. The molecule has 0 unspecified atom stereocenters. The van der Waals surface area contributed by atoms with E-state index in [-0.39, 0.29) is 5.11 Å². The molecule has 0 aromatic heterocycles. The number of benzene rings is 1. The summed E-state index contributed by atoms with van der Waals surface area (Å²) in [5.74, 6) is 0. The first-order valence-electron chi connectivity index (χ1n) is 4.14. The minimum atomic E-state index is 0.286. The van der Waals surface area contributed by atoms with Crippen molar-refractivity contribution >= 4 is 41.2 Å². The van der Waals surface area contributed by atoms with Gasteiger partial charge in [-0.15, -0.1) is 0 Å². The van der Waals surface area contributed by atoms with Crippen LogP contribution in [0.15, 0.2) is 27.5 Å². The second-order valence-electron chi connectivity index (χ2n) is 2.87. The highest BCUT2D eigenvalue weighted by Crippen LogP contribution is 2.33. The van der Waals surface area contributed by atoms with Crippen molar-refractivity contribution in [2.45, 2.75) is 11.3 Å². The predicted octanol–water partition coefficient (Wildman–Crippen LogP) is 1.98. The number of nitrogens with two attached hydrogens (primary N) is 1. The summed E-state index contributed by atoms with van der Waals surface area (Å²) in [7, 11) is 0. The minimum absolute atomic E-state index is 0.286. The van der Waals surface area contributed by atoms with E-state index in [1.165, 1.54) is 17.5 Å². The first-order valence-corrected chi connectivity index (χ1v) is 5.33. The van der Waals surface area contributed by atoms with Gasteiger partial charge in [0.15, 0.2) is 5.11 Å². The maximum Gasteiger partial charge on any atom is 0.168 e. The molecule has 1 aromatic rings. The second-order valence-corrected chi connectivity index (χ2v) is 4.11. The van der Waals surface area contributed by atoms with Crippen LogP contribution in [0.3, 0.4) is 0 Å². The van der Waals surface area contributed by atoms with E-state index in [1.807, 2.05) is 18.3 Å². The summed E-state index contributed by atoms with van der Waals surface area (Å²) in [5, 5.41) is 3.23. The van der Waals surface area contributed by atoms with Crippen LogP contribution in [0.25, 0.3) is 0 Å². The second kappa shape index (κ2) is 3.98. The zero-order valence-corrected chi connectivity index (χ0v) is 8.99. The highest BCUT2D eigenvalue weighted by molar-refractivity contribution is 7.98. The Morgan fingerprint density at radius 1 is 1.57 bits per heavy atom. The Kier molecular flexibility index (Phi) is 2.69.